The molecule has 1 atom stereocenters. The smallest absolute Gasteiger partial charge is 0.416 e. The Bertz CT molecular complexity index is 1110. The molecule has 0 aliphatic carbocycles. The molecule has 2 aromatic carbocycles. The summed E-state index contributed by atoms with van der Waals surface area (Å²) in [6.45, 7) is 3.64. The van der Waals surface area contributed by atoms with Crippen molar-refractivity contribution in [1.29, 1.82) is 0 Å². The zero-order valence-corrected chi connectivity index (χ0v) is 20.6. The molecule has 1 aliphatic heterocycles. The second-order valence-corrected chi connectivity index (χ2v) is 8.56. The van der Waals surface area contributed by atoms with Crippen LogP contribution in [0.3, 0.4) is 0 Å². The molecule has 3 rings (SSSR count). The third-order valence-corrected chi connectivity index (χ3v) is 5.79. The second kappa shape index (κ2) is 12.4. The average molecular weight is 522 g/mol. The van der Waals surface area contributed by atoms with Gasteiger partial charge in [0, 0.05) is 32.2 Å². The van der Waals surface area contributed by atoms with E-state index in [1.54, 1.807) is 14.0 Å². The van der Waals surface area contributed by atoms with E-state index in [0.717, 1.165) is 36.4 Å². The molecule has 12 heteroatoms. The van der Waals surface area contributed by atoms with Gasteiger partial charge in [0.2, 0.25) is 5.91 Å². The van der Waals surface area contributed by atoms with Crippen molar-refractivity contribution in [1.82, 2.24) is 20.9 Å². The first-order valence-electron chi connectivity index (χ1n) is 11.8. The molecule has 1 saturated heterocycles. The van der Waals surface area contributed by atoms with Gasteiger partial charge in [-0.3, -0.25) is 14.5 Å². The topological polar surface area (TPSA) is 112 Å². The number of hydrogen-bond donors (Lipinski definition) is 4. The molecule has 0 unspecified atom stereocenters. The molecule has 200 valence electrons. The SMILES string of the molecule is CCNC(=O)Nc1ccc(C(F)(F)F)cc1C(=O)NCC(=O)N[C@H]1CCN(Cc2ccc(OC)cc2)C1. The molecule has 0 bridgehead atoms. The standard InChI is InChI=1S/C25H30F3N5O4/c1-3-29-24(36)32-21-9-6-17(25(26,27)28)12-20(21)23(35)30-13-22(34)31-18-10-11-33(15-18)14-16-4-7-19(37-2)8-5-16/h4-9,12,18H,3,10-11,13-15H2,1-2H3,(H,30,35)(H,31,34)(H2,29,32,36)/t18-/m0/s1. The van der Waals surface area contributed by atoms with Crippen LogP contribution in [0.15, 0.2) is 42.5 Å². The van der Waals surface area contributed by atoms with E-state index in [1.165, 1.54) is 0 Å². The Balaban J connectivity index is 1.55. The first-order valence-corrected chi connectivity index (χ1v) is 11.8. The zero-order chi connectivity index (χ0) is 27.0. The number of nitrogens with zero attached hydrogens (tertiary/aromatic N) is 1. The lowest BCUT2D eigenvalue weighted by Crippen LogP contribution is -2.43. The Morgan fingerprint density at radius 3 is 2.46 bits per heavy atom. The van der Waals surface area contributed by atoms with Gasteiger partial charge in [-0.25, -0.2) is 4.79 Å². The van der Waals surface area contributed by atoms with Crippen molar-refractivity contribution >= 4 is 23.5 Å². The first-order chi connectivity index (χ1) is 17.6. The third-order valence-electron chi connectivity index (χ3n) is 5.79. The quantitative estimate of drug-likeness (QED) is 0.406. The zero-order valence-electron chi connectivity index (χ0n) is 20.6. The fourth-order valence-electron chi connectivity index (χ4n) is 3.96. The molecule has 4 amide bonds. The highest BCUT2D eigenvalue weighted by atomic mass is 19.4. The number of ether oxygens (including phenoxy) is 1. The van der Waals surface area contributed by atoms with Crippen molar-refractivity contribution in [2.45, 2.75) is 32.1 Å². The Morgan fingerprint density at radius 2 is 1.81 bits per heavy atom. The van der Waals surface area contributed by atoms with Crippen LogP contribution >= 0.6 is 0 Å². The highest BCUT2D eigenvalue weighted by molar-refractivity contribution is 6.04. The maximum atomic E-state index is 13.2. The van der Waals surface area contributed by atoms with Gasteiger partial charge in [0.05, 0.1) is 30.5 Å². The fraction of sp³-hybridized carbons (Fsp3) is 0.400. The predicted octanol–water partition coefficient (Wildman–Crippen LogP) is 2.98. The van der Waals surface area contributed by atoms with Crippen LogP contribution < -0.4 is 26.0 Å². The summed E-state index contributed by atoms with van der Waals surface area (Å²) in [6.07, 6.45) is -3.96. The van der Waals surface area contributed by atoms with Gasteiger partial charge in [-0.2, -0.15) is 13.2 Å². The maximum absolute atomic E-state index is 13.2. The van der Waals surface area contributed by atoms with Crippen LogP contribution in [0.25, 0.3) is 0 Å². The number of likely N-dealkylation sites (tertiary alicyclic amines) is 1. The highest BCUT2D eigenvalue weighted by Crippen LogP contribution is 2.32. The fourth-order valence-corrected chi connectivity index (χ4v) is 3.96. The van der Waals surface area contributed by atoms with Crippen molar-refractivity contribution in [2.75, 3.05) is 38.6 Å². The van der Waals surface area contributed by atoms with Gasteiger partial charge in [-0.15, -0.1) is 0 Å². The van der Waals surface area contributed by atoms with Crippen molar-refractivity contribution in [3.63, 3.8) is 0 Å². The lowest BCUT2D eigenvalue weighted by Gasteiger charge is -2.17. The monoisotopic (exact) mass is 521 g/mol. The van der Waals surface area contributed by atoms with Crippen LogP contribution in [0.5, 0.6) is 5.75 Å². The van der Waals surface area contributed by atoms with Gasteiger partial charge in [0.25, 0.3) is 5.91 Å². The first kappa shape index (κ1) is 27.8. The minimum Gasteiger partial charge on any atom is -0.497 e. The molecule has 37 heavy (non-hydrogen) atoms. The summed E-state index contributed by atoms with van der Waals surface area (Å²) in [4.78, 5) is 39.1. The lowest BCUT2D eigenvalue weighted by atomic mass is 10.1. The van der Waals surface area contributed by atoms with E-state index in [2.05, 4.69) is 26.2 Å². The van der Waals surface area contributed by atoms with Gasteiger partial charge in [0.1, 0.15) is 5.75 Å². The van der Waals surface area contributed by atoms with E-state index in [0.29, 0.717) is 19.2 Å². The van der Waals surface area contributed by atoms with Crippen LogP contribution in [-0.4, -0.2) is 62.1 Å². The highest BCUT2D eigenvalue weighted by Gasteiger charge is 2.32. The molecular formula is C25H30F3N5O4. The summed E-state index contributed by atoms with van der Waals surface area (Å²) in [6, 6.07) is 9.34. The van der Waals surface area contributed by atoms with E-state index < -0.39 is 41.7 Å². The number of anilines is 1. The summed E-state index contributed by atoms with van der Waals surface area (Å²) in [5.41, 5.74) is -0.452. The van der Waals surface area contributed by atoms with Gasteiger partial charge >= 0.3 is 12.2 Å². The normalized spacial score (nSPS) is 15.6. The Morgan fingerprint density at radius 1 is 1.08 bits per heavy atom. The Labute approximate surface area is 212 Å². The van der Waals surface area contributed by atoms with Crippen LogP contribution in [0.1, 0.15) is 34.8 Å². The molecule has 0 spiro atoms. The molecule has 0 radical (unpaired) electrons. The van der Waals surface area contributed by atoms with Crippen molar-refractivity contribution in [2.24, 2.45) is 0 Å². The number of hydrogen-bond acceptors (Lipinski definition) is 5. The lowest BCUT2D eigenvalue weighted by molar-refractivity contribution is -0.137. The van der Waals surface area contributed by atoms with Crippen molar-refractivity contribution < 1.29 is 32.3 Å². The molecule has 1 fully saturated rings. The Hall–Kier alpha value is -3.80. The number of rotatable bonds is 9. The van der Waals surface area contributed by atoms with Gasteiger partial charge < -0.3 is 26.0 Å². The molecule has 0 aromatic heterocycles. The van der Waals surface area contributed by atoms with Crippen LogP contribution in [0.4, 0.5) is 23.7 Å². The van der Waals surface area contributed by atoms with E-state index in [9.17, 15) is 27.6 Å². The number of urea groups is 1. The molecule has 9 nitrogen and oxygen atoms in total. The second-order valence-electron chi connectivity index (χ2n) is 8.56. The average Bonchev–Trinajstić information content (AvgIpc) is 3.29. The summed E-state index contributed by atoms with van der Waals surface area (Å²) < 4.78 is 44.7. The summed E-state index contributed by atoms with van der Waals surface area (Å²) in [5.74, 6) is -0.606. The number of halogens is 3. The van der Waals surface area contributed by atoms with Gasteiger partial charge in [-0.1, -0.05) is 12.1 Å². The van der Waals surface area contributed by atoms with E-state index in [-0.39, 0.29) is 18.3 Å². The number of methoxy groups -OCH3 is 1. The van der Waals surface area contributed by atoms with Crippen LogP contribution in [0.2, 0.25) is 0 Å². The van der Waals surface area contributed by atoms with Gasteiger partial charge in [0.15, 0.2) is 0 Å². The molecule has 2 aromatic rings. The van der Waals surface area contributed by atoms with Gasteiger partial charge in [-0.05, 0) is 49.2 Å². The molecule has 0 saturated carbocycles. The summed E-state index contributed by atoms with van der Waals surface area (Å²) >= 11 is 0. The molecule has 1 heterocycles. The Kier molecular flexibility index (Phi) is 9.34. The molecule has 1 aliphatic rings. The number of carbonyl (C=O) groups excluding carboxylic acids is 3. The number of alkyl halides is 3. The number of benzene rings is 2. The summed E-state index contributed by atoms with van der Waals surface area (Å²) in [5, 5.41) is 9.99. The largest absolute Gasteiger partial charge is 0.497 e. The number of carbonyl (C=O) groups is 3. The number of nitrogens with one attached hydrogen (secondary N) is 4. The minimum absolute atomic E-state index is 0.109. The number of amides is 4. The van der Waals surface area contributed by atoms with Crippen molar-refractivity contribution in [3.05, 3.63) is 59.2 Å². The predicted molar refractivity (Wildman–Crippen MR) is 131 cm³/mol. The molecular weight excluding hydrogens is 491 g/mol. The molecule has 4 N–H and O–H groups in total. The van der Waals surface area contributed by atoms with E-state index in [1.807, 2.05) is 24.3 Å². The maximum Gasteiger partial charge on any atom is 0.416 e. The summed E-state index contributed by atoms with van der Waals surface area (Å²) in [7, 11) is 1.60. The van der Waals surface area contributed by atoms with E-state index in [4.69, 9.17) is 4.74 Å². The van der Waals surface area contributed by atoms with Crippen LogP contribution in [-0.2, 0) is 17.5 Å². The van der Waals surface area contributed by atoms with Crippen molar-refractivity contribution in [3.8, 4) is 5.75 Å². The van der Waals surface area contributed by atoms with E-state index >= 15 is 0 Å². The van der Waals surface area contributed by atoms with Crippen LogP contribution in [0, 0.1) is 0 Å². The third kappa shape index (κ3) is 8.10. The minimum atomic E-state index is -4.68.